The molecule has 1 N–H and O–H groups in total. The number of carbonyl (C=O) groups is 2. The molecule has 0 aromatic carbocycles. The summed E-state index contributed by atoms with van der Waals surface area (Å²) in [6.45, 7) is 2.63. The Balaban J connectivity index is 2.52. The number of nitriles is 1. The Morgan fingerprint density at radius 3 is 2.45 bits per heavy atom. The summed E-state index contributed by atoms with van der Waals surface area (Å²) in [5.74, 6) is -0.577. The van der Waals surface area contributed by atoms with Crippen LogP contribution in [0.3, 0.4) is 0 Å². The summed E-state index contributed by atoms with van der Waals surface area (Å²) in [5.41, 5.74) is -0.722. The van der Waals surface area contributed by atoms with Crippen molar-refractivity contribution in [3.05, 3.63) is 0 Å². The minimum Gasteiger partial charge on any atom is -0.468 e. The van der Waals surface area contributed by atoms with E-state index < -0.39 is 5.54 Å². The number of carbonyl (C=O) groups excluding carboxylic acids is 2. The van der Waals surface area contributed by atoms with Gasteiger partial charge in [-0.25, -0.2) is 0 Å². The van der Waals surface area contributed by atoms with Crippen LogP contribution >= 0.6 is 0 Å². The van der Waals surface area contributed by atoms with Gasteiger partial charge in [-0.3, -0.25) is 14.5 Å². The summed E-state index contributed by atoms with van der Waals surface area (Å²) in [5, 5.41) is 12.2. The van der Waals surface area contributed by atoms with Crippen molar-refractivity contribution in [2.75, 3.05) is 26.7 Å². The van der Waals surface area contributed by atoms with Gasteiger partial charge in [0.05, 0.1) is 26.3 Å². The quantitative estimate of drug-likeness (QED) is 0.729. The van der Waals surface area contributed by atoms with E-state index in [4.69, 9.17) is 0 Å². The molecular formula is C14H23N3O3. The first-order valence-electron chi connectivity index (χ1n) is 7.06. The van der Waals surface area contributed by atoms with Gasteiger partial charge in [0.2, 0.25) is 5.91 Å². The predicted molar refractivity (Wildman–Crippen MR) is 73.7 cm³/mol. The van der Waals surface area contributed by atoms with Gasteiger partial charge < -0.3 is 10.1 Å². The Labute approximate surface area is 120 Å². The number of rotatable bonds is 6. The maximum Gasteiger partial charge on any atom is 0.319 e. The molecule has 0 bridgehead atoms. The van der Waals surface area contributed by atoms with Crippen molar-refractivity contribution in [1.29, 1.82) is 5.26 Å². The van der Waals surface area contributed by atoms with E-state index in [-0.39, 0.29) is 25.0 Å². The highest BCUT2D eigenvalue weighted by Crippen LogP contribution is 2.27. The molecule has 1 rings (SSSR count). The largest absolute Gasteiger partial charge is 0.468 e. The van der Waals surface area contributed by atoms with Crippen LogP contribution < -0.4 is 5.32 Å². The monoisotopic (exact) mass is 281 g/mol. The summed E-state index contributed by atoms with van der Waals surface area (Å²) in [4.78, 5) is 25.0. The number of amides is 1. The maximum absolute atomic E-state index is 12.1. The molecule has 0 saturated heterocycles. The first-order chi connectivity index (χ1) is 9.55. The zero-order chi connectivity index (χ0) is 15.0. The second-order valence-corrected chi connectivity index (χ2v) is 5.18. The lowest BCUT2D eigenvalue weighted by molar-refractivity contribution is -0.142. The van der Waals surface area contributed by atoms with E-state index in [1.54, 1.807) is 4.90 Å². The van der Waals surface area contributed by atoms with Gasteiger partial charge in [0.25, 0.3) is 0 Å². The molecule has 0 aliphatic heterocycles. The van der Waals surface area contributed by atoms with Gasteiger partial charge in [-0.15, -0.1) is 0 Å². The van der Waals surface area contributed by atoms with Crippen LogP contribution in [0.15, 0.2) is 0 Å². The molecule has 1 fully saturated rings. The van der Waals surface area contributed by atoms with Gasteiger partial charge in [-0.05, 0) is 19.4 Å². The lowest BCUT2D eigenvalue weighted by Crippen LogP contribution is -2.52. The standard InChI is InChI=1S/C14H23N3O3/c1-3-17(10-13(19)20-2)9-12(18)16-14(11-15)7-5-4-6-8-14/h3-10H2,1-2H3,(H,16,18). The van der Waals surface area contributed by atoms with Crippen LogP contribution in [0.5, 0.6) is 0 Å². The Morgan fingerprint density at radius 2 is 1.95 bits per heavy atom. The van der Waals surface area contributed by atoms with Crippen LogP contribution in [0.25, 0.3) is 0 Å². The molecule has 1 amide bonds. The zero-order valence-corrected chi connectivity index (χ0v) is 12.3. The first-order valence-corrected chi connectivity index (χ1v) is 7.06. The molecule has 1 aliphatic rings. The highest BCUT2D eigenvalue weighted by atomic mass is 16.5. The van der Waals surface area contributed by atoms with Crippen LogP contribution in [0, 0.1) is 11.3 Å². The summed E-state index contributed by atoms with van der Waals surface area (Å²) < 4.78 is 4.59. The molecule has 0 heterocycles. The lowest BCUT2D eigenvalue weighted by Gasteiger charge is -2.32. The molecule has 1 saturated carbocycles. The normalized spacial score (nSPS) is 17.3. The van der Waals surface area contributed by atoms with Crippen molar-refractivity contribution < 1.29 is 14.3 Å². The van der Waals surface area contributed by atoms with E-state index in [0.29, 0.717) is 19.4 Å². The van der Waals surface area contributed by atoms with Gasteiger partial charge in [-0.2, -0.15) is 5.26 Å². The minimum atomic E-state index is -0.722. The fraction of sp³-hybridized carbons (Fsp3) is 0.786. The molecule has 20 heavy (non-hydrogen) atoms. The molecule has 0 radical (unpaired) electrons. The van der Waals surface area contributed by atoms with E-state index in [1.807, 2.05) is 6.92 Å². The third-order valence-electron chi connectivity index (χ3n) is 3.69. The fourth-order valence-corrected chi connectivity index (χ4v) is 2.46. The number of nitrogens with one attached hydrogen (secondary N) is 1. The summed E-state index contributed by atoms with van der Waals surface area (Å²) in [7, 11) is 1.32. The summed E-state index contributed by atoms with van der Waals surface area (Å²) in [6, 6.07) is 2.25. The summed E-state index contributed by atoms with van der Waals surface area (Å²) in [6.07, 6.45) is 4.46. The van der Waals surface area contributed by atoms with E-state index in [0.717, 1.165) is 19.3 Å². The number of likely N-dealkylation sites (N-methyl/N-ethyl adjacent to an activating group) is 1. The Kier molecular flexibility index (Phi) is 6.46. The Hall–Kier alpha value is -1.61. The first kappa shape index (κ1) is 16.4. The van der Waals surface area contributed by atoms with Gasteiger partial charge in [-0.1, -0.05) is 26.2 Å². The van der Waals surface area contributed by atoms with Gasteiger partial charge in [0, 0.05) is 0 Å². The molecule has 6 nitrogen and oxygen atoms in total. The average molecular weight is 281 g/mol. The van der Waals surface area contributed by atoms with E-state index in [1.165, 1.54) is 7.11 Å². The third kappa shape index (κ3) is 4.82. The van der Waals surface area contributed by atoms with Gasteiger partial charge in [0.1, 0.15) is 5.54 Å². The number of ether oxygens (including phenoxy) is 1. The summed E-state index contributed by atoms with van der Waals surface area (Å²) >= 11 is 0. The van der Waals surface area contributed by atoms with E-state index in [9.17, 15) is 14.9 Å². The van der Waals surface area contributed by atoms with Crippen molar-refractivity contribution in [2.45, 2.75) is 44.6 Å². The van der Waals surface area contributed by atoms with Crippen molar-refractivity contribution in [3.63, 3.8) is 0 Å². The van der Waals surface area contributed by atoms with Crippen LogP contribution in [-0.2, 0) is 14.3 Å². The maximum atomic E-state index is 12.1. The molecule has 0 aromatic heterocycles. The molecule has 0 spiro atoms. The minimum absolute atomic E-state index is 0.0833. The number of methoxy groups -OCH3 is 1. The Bertz CT molecular complexity index is 384. The second kappa shape index (κ2) is 7.85. The second-order valence-electron chi connectivity index (χ2n) is 5.18. The van der Waals surface area contributed by atoms with E-state index >= 15 is 0 Å². The van der Waals surface area contributed by atoms with Gasteiger partial charge in [0.15, 0.2) is 0 Å². The van der Waals surface area contributed by atoms with Crippen molar-refractivity contribution >= 4 is 11.9 Å². The van der Waals surface area contributed by atoms with E-state index in [2.05, 4.69) is 16.1 Å². The predicted octanol–water partition coefficient (Wildman–Crippen LogP) is 0.824. The molecule has 0 aromatic rings. The molecule has 0 unspecified atom stereocenters. The smallest absolute Gasteiger partial charge is 0.319 e. The van der Waals surface area contributed by atoms with Gasteiger partial charge >= 0.3 is 5.97 Å². The van der Waals surface area contributed by atoms with Crippen molar-refractivity contribution in [2.24, 2.45) is 0 Å². The highest BCUT2D eigenvalue weighted by molar-refractivity contribution is 5.80. The number of hydrogen-bond acceptors (Lipinski definition) is 5. The Morgan fingerprint density at radius 1 is 1.30 bits per heavy atom. The zero-order valence-electron chi connectivity index (χ0n) is 12.3. The molecular weight excluding hydrogens is 258 g/mol. The van der Waals surface area contributed by atoms with Crippen molar-refractivity contribution in [3.8, 4) is 6.07 Å². The third-order valence-corrected chi connectivity index (χ3v) is 3.69. The number of hydrogen-bond donors (Lipinski definition) is 1. The topological polar surface area (TPSA) is 82.4 Å². The molecule has 0 atom stereocenters. The number of esters is 1. The van der Waals surface area contributed by atoms with Crippen LogP contribution in [0.2, 0.25) is 0 Å². The highest BCUT2D eigenvalue weighted by Gasteiger charge is 2.33. The average Bonchev–Trinajstić information content (AvgIpc) is 2.47. The van der Waals surface area contributed by atoms with Crippen LogP contribution in [-0.4, -0.2) is 49.1 Å². The molecule has 6 heteroatoms. The van der Waals surface area contributed by atoms with Crippen LogP contribution in [0.4, 0.5) is 0 Å². The fourth-order valence-electron chi connectivity index (χ4n) is 2.46. The lowest BCUT2D eigenvalue weighted by atomic mass is 9.83. The SMILES string of the molecule is CCN(CC(=O)NC1(C#N)CCCCC1)CC(=O)OC. The number of nitrogens with zero attached hydrogens (tertiary/aromatic N) is 2. The molecule has 1 aliphatic carbocycles. The van der Waals surface area contributed by atoms with Crippen molar-refractivity contribution in [1.82, 2.24) is 10.2 Å². The molecule has 112 valence electrons. The van der Waals surface area contributed by atoms with Crippen LogP contribution in [0.1, 0.15) is 39.0 Å².